The molecule has 2 aromatic rings. The van der Waals surface area contributed by atoms with Crippen LogP contribution < -0.4 is 21.3 Å². The fraction of sp³-hybridized carbons (Fsp3) is 0.480. The molecular formula is C25H30FN7O2. The van der Waals surface area contributed by atoms with Crippen LogP contribution in [-0.2, 0) is 4.79 Å². The Morgan fingerprint density at radius 1 is 1.14 bits per heavy atom. The van der Waals surface area contributed by atoms with Crippen molar-refractivity contribution in [1.29, 1.82) is 5.26 Å². The van der Waals surface area contributed by atoms with Crippen LogP contribution in [0.2, 0.25) is 0 Å². The molecule has 0 aromatic carbocycles. The number of nitrogens with zero attached hydrogens (tertiary/aromatic N) is 4. The van der Waals surface area contributed by atoms with Gasteiger partial charge in [-0.15, -0.1) is 0 Å². The first-order chi connectivity index (χ1) is 16.8. The van der Waals surface area contributed by atoms with E-state index in [-0.39, 0.29) is 40.9 Å². The molecule has 0 radical (unpaired) electrons. The summed E-state index contributed by atoms with van der Waals surface area (Å²) in [6.45, 7) is 4.07. The smallest absolute Gasteiger partial charge is 0.252 e. The van der Waals surface area contributed by atoms with E-state index in [4.69, 9.17) is 11.0 Å². The van der Waals surface area contributed by atoms with Crippen LogP contribution in [-0.4, -0.2) is 39.9 Å². The molecule has 0 bridgehead atoms. The number of hydrogen-bond donors (Lipinski definition) is 3. The molecule has 0 atom stereocenters. The summed E-state index contributed by atoms with van der Waals surface area (Å²) in [5.74, 6) is -0.916. The Hall–Kier alpha value is -3.74. The highest BCUT2D eigenvalue weighted by atomic mass is 19.1. The molecule has 9 nitrogen and oxygen atoms in total. The normalized spacial score (nSPS) is 19.6. The van der Waals surface area contributed by atoms with Crippen LogP contribution in [0.15, 0.2) is 24.5 Å². The number of primary amides is 1. The summed E-state index contributed by atoms with van der Waals surface area (Å²) in [7, 11) is 0. The second-order valence-corrected chi connectivity index (χ2v) is 9.53. The SMILES string of the molecule is CC(C)N(c1cc(Nc2ncc(C#N)cc2F)ncc1C(N)=O)C1CCC(C(=O)NC2CC2)CC1. The number of nitrogens with two attached hydrogens (primary N) is 1. The van der Waals surface area contributed by atoms with Crippen molar-refractivity contribution >= 4 is 29.1 Å². The van der Waals surface area contributed by atoms with E-state index in [2.05, 4.69) is 25.5 Å². The van der Waals surface area contributed by atoms with Crippen molar-refractivity contribution in [2.45, 2.75) is 70.5 Å². The fourth-order valence-electron chi connectivity index (χ4n) is 4.69. The zero-order valence-electron chi connectivity index (χ0n) is 19.9. The number of carbonyl (C=O) groups excluding carboxylic acids is 2. The predicted molar refractivity (Wildman–Crippen MR) is 129 cm³/mol. The summed E-state index contributed by atoms with van der Waals surface area (Å²) in [5.41, 5.74) is 6.65. The Labute approximate surface area is 203 Å². The summed E-state index contributed by atoms with van der Waals surface area (Å²) < 4.78 is 14.4. The van der Waals surface area contributed by atoms with Gasteiger partial charge in [-0.3, -0.25) is 9.59 Å². The number of anilines is 3. The highest BCUT2D eigenvalue weighted by molar-refractivity contribution is 5.99. The summed E-state index contributed by atoms with van der Waals surface area (Å²) in [6.07, 6.45) is 7.93. The van der Waals surface area contributed by atoms with E-state index in [9.17, 15) is 14.0 Å². The molecule has 4 rings (SSSR count). The number of halogens is 1. The maximum Gasteiger partial charge on any atom is 0.252 e. The summed E-state index contributed by atoms with van der Waals surface area (Å²) in [5, 5.41) is 14.9. The summed E-state index contributed by atoms with van der Waals surface area (Å²) in [6, 6.07) is 5.10. The molecule has 0 saturated heterocycles. The second kappa shape index (κ2) is 10.3. The predicted octanol–water partition coefficient (Wildman–Crippen LogP) is 3.38. The van der Waals surface area contributed by atoms with Crippen LogP contribution in [0.4, 0.5) is 21.7 Å². The van der Waals surface area contributed by atoms with Crippen molar-refractivity contribution < 1.29 is 14.0 Å². The van der Waals surface area contributed by atoms with E-state index in [1.54, 1.807) is 6.07 Å². The molecular weight excluding hydrogens is 449 g/mol. The summed E-state index contributed by atoms with van der Waals surface area (Å²) in [4.78, 5) is 35.1. The lowest BCUT2D eigenvalue weighted by Crippen LogP contribution is -2.45. The van der Waals surface area contributed by atoms with E-state index in [0.717, 1.165) is 44.6 Å². The van der Waals surface area contributed by atoms with Crippen LogP contribution >= 0.6 is 0 Å². The van der Waals surface area contributed by atoms with Crippen molar-refractivity contribution in [3.05, 3.63) is 41.5 Å². The van der Waals surface area contributed by atoms with E-state index in [0.29, 0.717) is 17.5 Å². The molecule has 0 unspecified atom stereocenters. The number of carbonyl (C=O) groups is 2. The minimum atomic E-state index is -0.685. The number of amides is 2. The van der Waals surface area contributed by atoms with E-state index in [1.807, 2.05) is 19.9 Å². The van der Waals surface area contributed by atoms with E-state index < -0.39 is 11.7 Å². The van der Waals surface area contributed by atoms with Gasteiger partial charge in [-0.2, -0.15) is 5.26 Å². The number of hydrogen-bond acceptors (Lipinski definition) is 7. The van der Waals surface area contributed by atoms with Gasteiger partial charge in [0.15, 0.2) is 11.6 Å². The first-order valence-electron chi connectivity index (χ1n) is 12.0. The van der Waals surface area contributed by atoms with E-state index in [1.165, 1.54) is 12.4 Å². The Morgan fingerprint density at radius 2 is 1.86 bits per heavy atom. The molecule has 35 heavy (non-hydrogen) atoms. The molecule has 0 spiro atoms. The van der Waals surface area contributed by atoms with Crippen LogP contribution in [0.25, 0.3) is 0 Å². The largest absolute Gasteiger partial charge is 0.365 e. The van der Waals surface area contributed by atoms with Crippen molar-refractivity contribution in [3.63, 3.8) is 0 Å². The molecule has 184 valence electrons. The first kappa shape index (κ1) is 24.4. The standard InChI is InChI=1S/C25H30FN7O2/c1-14(2)33(18-7-3-16(4-8-18)25(35)31-17-5-6-17)21-10-22(29-13-19(21)23(28)34)32-24-20(26)9-15(11-27)12-30-24/h9-10,12-14,16-18H,3-8H2,1-2H3,(H2,28,34)(H,31,35)(H,29,30,32). The molecule has 2 aromatic heterocycles. The van der Waals surface area contributed by atoms with Gasteiger partial charge in [-0.05, 0) is 58.4 Å². The maximum absolute atomic E-state index is 14.4. The minimum absolute atomic E-state index is 0.0107. The summed E-state index contributed by atoms with van der Waals surface area (Å²) >= 11 is 0. The third-order valence-corrected chi connectivity index (χ3v) is 6.58. The van der Waals surface area contributed by atoms with E-state index >= 15 is 0 Å². The van der Waals surface area contributed by atoms with Gasteiger partial charge < -0.3 is 21.3 Å². The lowest BCUT2D eigenvalue weighted by atomic mass is 9.84. The molecule has 10 heteroatoms. The monoisotopic (exact) mass is 479 g/mol. The number of nitrogens with one attached hydrogen (secondary N) is 2. The van der Waals surface area contributed by atoms with Crippen molar-refractivity contribution in [3.8, 4) is 6.07 Å². The molecule has 2 saturated carbocycles. The topological polar surface area (TPSA) is 137 Å². The van der Waals surface area contributed by atoms with Crippen molar-refractivity contribution in [1.82, 2.24) is 15.3 Å². The van der Waals surface area contributed by atoms with Gasteiger partial charge in [0.1, 0.15) is 11.9 Å². The number of rotatable bonds is 8. The number of pyridine rings is 2. The Balaban J connectivity index is 1.57. The van der Waals surface area contributed by atoms with Gasteiger partial charge in [-0.1, -0.05) is 0 Å². The first-order valence-corrected chi connectivity index (χ1v) is 12.0. The van der Waals surface area contributed by atoms with Gasteiger partial charge in [-0.25, -0.2) is 14.4 Å². The van der Waals surface area contributed by atoms with Crippen LogP contribution in [0.5, 0.6) is 0 Å². The Morgan fingerprint density at radius 3 is 2.43 bits per heavy atom. The molecule has 2 aliphatic rings. The van der Waals surface area contributed by atoms with Crippen molar-refractivity contribution in [2.24, 2.45) is 11.7 Å². The second-order valence-electron chi connectivity index (χ2n) is 9.53. The van der Waals surface area contributed by atoms with Gasteiger partial charge in [0.2, 0.25) is 5.91 Å². The molecule has 2 fully saturated rings. The highest BCUT2D eigenvalue weighted by Gasteiger charge is 2.34. The van der Waals surface area contributed by atoms with Gasteiger partial charge in [0.25, 0.3) is 5.91 Å². The third kappa shape index (κ3) is 5.67. The van der Waals surface area contributed by atoms with Crippen LogP contribution in [0.3, 0.4) is 0 Å². The third-order valence-electron chi connectivity index (χ3n) is 6.58. The Bertz CT molecular complexity index is 1150. The molecule has 4 N–H and O–H groups in total. The van der Waals surface area contributed by atoms with Gasteiger partial charge >= 0.3 is 0 Å². The number of aromatic nitrogens is 2. The Kier molecular flexibility index (Phi) is 7.15. The maximum atomic E-state index is 14.4. The average molecular weight is 480 g/mol. The quantitative estimate of drug-likeness (QED) is 0.528. The number of nitriles is 1. The zero-order chi connectivity index (χ0) is 25.1. The highest BCUT2D eigenvalue weighted by Crippen LogP contribution is 2.35. The molecule has 0 aliphatic heterocycles. The molecule has 2 heterocycles. The van der Waals surface area contributed by atoms with Gasteiger partial charge in [0, 0.05) is 42.5 Å². The average Bonchev–Trinajstić information content (AvgIpc) is 3.64. The van der Waals surface area contributed by atoms with Crippen molar-refractivity contribution in [2.75, 3.05) is 10.2 Å². The lowest BCUT2D eigenvalue weighted by molar-refractivity contribution is -0.126. The van der Waals surface area contributed by atoms with Gasteiger partial charge in [0.05, 0.1) is 16.8 Å². The lowest BCUT2D eigenvalue weighted by Gasteiger charge is -2.41. The minimum Gasteiger partial charge on any atom is -0.365 e. The van der Waals surface area contributed by atoms with Crippen LogP contribution in [0, 0.1) is 23.1 Å². The fourth-order valence-corrected chi connectivity index (χ4v) is 4.69. The zero-order valence-corrected chi connectivity index (χ0v) is 19.9. The molecule has 2 aliphatic carbocycles. The molecule has 2 amide bonds. The van der Waals surface area contributed by atoms with Crippen LogP contribution in [0.1, 0.15) is 68.3 Å².